The maximum absolute atomic E-state index is 10.0. The lowest BCUT2D eigenvalue weighted by Gasteiger charge is -2.54. The van der Waals surface area contributed by atoms with E-state index in [4.69, 9.17) is 0 Å². The Balaban J connectivity index is 1.52. The first-order chi connectivity index (χ1) is 12.0. The molecule has 2 nitrogen and oxygen atoms in total. The number of rotatable bonds is 4. The smallest absolute Gasteiger partial charge is 0.0577 e. The van der Waals surface area contributed by atoms with Gasteiger partial charge in [-0.15, -0.1) is 0 Å². The molecule has 8 atom stereocenters. The Morgan fingerprint density at radius 3 is 2.80 bits per heavy atom. The van der Waals surface area contributed by atoms with E-state index in [1.54, 1.807) is 5.57 Å². The summed E-state index contributed by atoms with van der Waals surface area (Å²) in [5.74, 6) is 5.13. The molecule has 3 fully saturated rings. The van der Waals surface area contributed by atoms with E-state index in [9.17, 15) is 10.2 Å². The first kappa shape index (κ1) is 18.0. The third kappa shape index (κ3) is 3.02. The van der Waals surface area contributed by atoms with Crippen molar-refractivity contribution in [2.24, 2.45) is 40.9 Å². The van der Waals surface area contributed by atoms with Gasteiger partial charge in [0.25, 0.3) is 0 Å². The summed E-state index contributed by atoms with van der Waals surface area (Å²) in [6, 6.07) is 0. The quantitative estimate of drug-likeness (QED) is 0.708. The minimum Gasteiger partial charge on any atom is -0.396 e. The van der Waals surface area contributed by atoms with Gasteiger partial charge < -0.3 is 10.2 Å². The normalized spacial score (nSPS) is 47.4. The highest BCUT2D eigenvalue weighted by molar-refractivity contribution is 5.20. The molecule has 2 heteroatoms. The molecule has 0 aromatic heterocycles. The second kappa shape index (κ2) is 7.00. The van der Waals surface area contributed by atoms with Gasteiger partial charge in [-0.1, -0.05) is 25.5 Å². The highest BCUT2D eigenvalue weighted by Gasteiger charge is 2.56. The third-order valence-electron chi connectivity index (χ3n) is 9.00. The molecule has 0 aromatic carbocycles. The van der Waals surface area contributed by atoms with Crippen LogP contribution < -0.4 is 0 Å². The van der Waals surface area contributed by atoms with Gasteiger partial charge in [-0.3, -0.25) is 0 Å². The van der Waals surface area contributed by atoms with Gasteiger partial charge >= 0.3 is 0 Å². The summed E-state index contributed by atoms with van der Waals surface area (Å²) in [5.41, 5.74) is 2.14. The van der Waals surface area contributed by atoms with E-state index in [0.29, 0.717) is 12.0 Å². The summed E-state index contributed by atoms with van der Waals surface area (Å²) in [6.45, 7) is 5.41. The van der Waals surface area contributed by atoms with Crippen LogP contribution in [0, 0.1) is 40.9 Å². The van der Waals surface area contributed by atoms with Crippen molar-refractivity contribution in [3.8, 4) is 0 Å². The van der Waals surface area contributed by atoms with Crippen molar-refractivity contribution in [2.45, 2.75) is 84.2 Å². The van der Waals surface area contributed by atoms with E-state index in [2.05, 4.69) is 19.9 Å². The van der Waals surface area contributed by atoms with Crippen LogP contribution in [0.4, 0.5) is 0 Å². The molecular weight excluding hydrogens is 308 g/mol. The highest BCUT2D eigenvalue weighted by atomic mass is 16.3. The molecule has 0 radical (unpaired) electrons. The molecule has 4 rings (SSSR count). The van der Waals surface area contributed by atoms with Crippen LogP contribution >= 0.6 is 0 Å². The summed E-state index contributed by atoms with van der Waals surface area (Å²) in [5, 5.41) is 19.3. The van der Waals surface area contributed by atoms with Crippen LogP contribution in [0.2, 0.25) is 0 Å². The lowest BCUT2D eigenvalue weighted by Crippen LogP contribution is -2.47. The van der Waals surface area contributed by atoms with Gasteiger partial charge in [0, 0.05) is 6.61 Å². The Labute approximate surface area is 154 Å². The van der Waals surface area contributed by atoms with E-state index < -0.39 is 0 Å². The fraction of sp³-hybridized carbons (Fsp3) is 0.913. The lowest BCUT2D eigenvalue weighted by atomic mass is 9.51. The highest BCUT2D eigenvalue weighted by Crippen LogP contribution is 2.64. The van der Waals surface area contributed by atoms with Crippen molar-refractivity contribution < 1.29 is 10.2 Å². The van der Waals surface area contributed by atoms with Crippen LogP contribution in [-0.4, -0.2) is 22.9 Å². The Morgan fingerprint density at radius 2 is 2.00 bits per heavy atom. The molecule has 8 unspecified atom stereocenters. The van der Waals surface area contributed by atoms with E-state index in [1.807, 2.05) is 0 Å². The number of aliphatic hydroxyl groups is 2. The van der Waals surface area contributed by atoms with Crippen LogP contribution in [0.15, 0.2) is 11.6 Å². The van der Waals surface area contributed by atoms with Gasteiger partial charge in [0.05, 0.1) is 6.10 Å². The van der Waals surface area contributed by atoms with Crippen LogP contribution in [0.5, 0.6) is 0 Å². The number of hydrogen-bond donors (Lipinski definition) is 2. The summed E-state index contributed by atoms with van der Waals surface area (Å²) in [7, 11) is 0. The first-order valence-electron chi connectivity index (χ1n) is 11.0. The average Bonchev–Trinajstić information content (AvgIpc) is 2.96. The zero-order valence-corrected chi connectivity index (χ0v) is 16.3. The molecule has 2 N–H and O–H groups in total. The van der Waals surface area contributed by atoms with Crippen molar-refractivity contribution in [2.75, 3.05) is 6.61 Å². The number of allylic oxidation sites excluding steroid dienone is 1. The lowest BCUT2D eigenvalue weighted by molar-refractivity contribution is -0.0296. The van der Waals surface area contributed by atoms with Crippen LogP contribution in [-0.2, 0) is 0 Å². The molecule has 0 aromatic rings. The topological polar surface area (TPSA) is 40.5 Å². The zero-order chi connectivity index (χ0) is 17.6. The summed E-state index contributed by atoms with van der Waals surface area (Å²) < 4.78 is 0. The molecule has 4 aliphatic carbocycles. The van der Waals surface area contributed by atoms with E-state index in [1.165, 1.54) is 44.9 Å². The number of fused-ring (bicyclic) bond motifs is 5. The van der Waals surface area contributed by atoms with E-state index >= 15 is 0 Å². The number of aliphatic hydroxyl groups excluding tert-OH is 2. The molecule has 3 saturated carbocycles. The van der Waals surface area contributed by atoms with Gasteiger partial charge in [-0.2, -0.15) is 0 Å². The Bertz CT molecular complexity index is 512. The van der Waals surface area contributed by atoms with Crippen molar-refractivity contribution in [3.63, 3.8) is 0 Å². The molecule has 0 spiro atoms. The monoisotopic (exact) mass is 346 g/mol. The van der Waals surface area contributed by atoms with Crippen LogP contribution in [0.3, 0.4) is 0 Å². The molecule has 0 heterocycles. The Kier molecular flexibility index (Phi) is 5.05. The van der Waals surface area contributed by atoms with E-state index in [0.717, 1.165) is 54.8 Å². The predicted molar refractivity (Wildman–Crippen MR) is 102 cm³/mol. The fourth-order valence-corrected chi connectivity index (χ4v) is 7.84. The summed E-state index contributed by atoms with van der Waals surface area (Å²) in [4.78, 5) is 0. The van der Waals surface area contributed by atoms with Crippen molar-refractivity contribution >= 4 is 0 Å². The Hall–Kier alpha value is -0.340. The molecule has 0 aliphatic heterocycles. The molecule has 25 heavy (non-hydrogen) atoms. The van der Waals surface area contributed by atoms with Crippen molar-refractivity contribution in [1.82, 2.24) is 0 Å². The Morgan fingerprint density at radius 1 is 1.16 bits per heavy atom. The zero-order valence-electron chi connectivity index (χ0n) is 16.3. The van der Waals surface area contributed by atoms with Gasteiger partial charge in [0.15, 0.2) is 0 Å². The SMILES string of the molecule is CC(CCCO)C1CCC2C3CC=C4CC(O)CCC4C3CCC12C. The standard InChI is InChI=1S/C23H38O2/c1-15(4-3-13-24)21-9-10-22-20-7-5-16-14-17(25)6-8-18(16)19(20)11-12-23(21,22)2/h5,15,17-22,24-25H,3-4,6-14H2,1-2H3. The minimum atomic E-state index is -0.0730. The van der Waals surface area contributed by atoms with Gasteiger partial charge in [0.1, 0.15) is 0 Å². The van der Waals surface area contributed by atoms with Crippen molar-refractivity contribution in [1.29, 1.82) is 0 Å². The van der Waals surface area contributed by atoms with E-state index in [-0.39, 0.29) is 6.10 Å². The van der Waals surface area contributed by atoms with Crippen LogP contribution in [0.1, 0.15) is 78.1 Å². The maximum Gasteiger partial charge on any atom is 0.0577 e. The maximum atomic E-state index is 10.0. The minimum absolute atomic E-state index is 0.0730. The molecular formula is C23H38O2. The second-order valence-electron chi connectivity index (χ2n) is 10.1. The first-order valence-corrected chi connectivity index (χ1v) is 11.0. The molecule has 0 saturated heterocycles. The number of hydrogen-bond acceptors (Lipinski definition) is 2. The summed E-state index contributed by atoms with van der Waals surface area (Å²) >= 11 is 0. The average molecular weight is 347 g/mol. The van der Waals surface area contributed by atoms with Gasteiger partial charge in [-0.25, -0.2) is 0 Å². The molecule has 0 bridgehead atoms. The summed E-state index contributed by atoms with van der Waals surface area (Å²) in [6.07, 6.45) is 14.8. The van der Waals surface area contributed by atoms with Crippen molar-refractivity contribution in [3.05, 3.63) is 11.6 Å². The van der Waals surface area contributed by atoms with Gasteiger partial charge in [-0.05, 0) is 105 Å². The fourth-order valence-electron chi connectivity index (χ4n) is 7.84. The molecule has 0 amide bonds. The second-order valence-corrected chi connectivity index (χ2v) is 10.1. The van der Waals surface area contributed by atoms with Crippen LogP contribution in [0.25, 0.3) is 0 Å². The molecule has 4 aliphatic rings. The largest absolute Gasteiger partial charge is 0.396 e. The molecule has 142 valence electrons. The predicted octanol–water partition coefficient (Wildman–Crippen LogP) is 4.94. The third-order valence-corrected chi connectivity index (χ3v) is 9.00. The van der Waals surface area contributed by atoms with Gasteiger partial charge in [0.2, 0.25) is 0 Å².